The fraction of sp³-hybridized carbons (Fsp3) is 0.462. The van der Waals surface area contributed by atoms with Crippen molar-refractivity contribution in [2.24, 2.45) is 0 Å². The number of rotatable bonds is 5. The Hall–Kier alpha value is -0.340. The fourth-order valence-corrected chi connectivity index (χ4v) is 2.34. The van der Waals surface area contributed by atoms with E-state index in [0.717, 1.165) is 17.0 Å². The van der Waals surface area contributed by atoms with Crippen LogP contribution in [0.3, 0.4) is 0 Å². The number of carbonyl (C=O) groups excluding carboxylic acids is 1. The molecule has 0 spiro atoms. The van der Waals surface area contributed by atoms with Gasteiger partial charge in [0.15, 0.2) is 0 Å². The summed E-state index contributed by atoms with van der Waals surface area (Å²) < 4.78 is 0. The third kappa shape index (κ3) is 3.91. The van der Waals surface area contributed by atoms with Crippen LogP contribution in [0.5, 0.6) is 0 Å². The first-order valence-corrected chi connectivity index (χ1v) is 6.75. The summed E-state index contributed by atoms with van der Waals surface area (Å²) in [5, 5.41) is 0.736. The van der Waals surface area contributed by atoms with Gasteiger partial charge in [-0.1, -0.05) is 52.2 Å². The van der Waals surface area contributed by atoms with Crippen molar-refractivity contribution in [1.29, 1.82) is 0 Å². The van der Waals surface area contributed by atoms with Crippen molar-refractivity contribution in [3.05, 3.63) is 34.3 Å². The van der Waals surface area contributed by atoms with Gasteiger partial charge >= 0.3 is 0 Å². The van der Waals surface area contributed by atoms with E-state index in [-0.39, 0.29) is 10.6 Å². The summed E-state index contributed by atoms with van der Waals surface area (Å²) in [5.74, 6) is 0.250. The van der Waals surface area contributed by atoms with Crippen molar-refractivity contribution in [3.8, 4) is 0 Å². The summed E-state index contributed by atoms with van der Waals surface area (Å²) in [5.41, 5.74) is 2.20. The molecule has 0 aliphatic rings. The predicted molar refractivity (Wildman–Crippen MR) is 72.5 cm³/mol. The van der Waals surface area contributed by atoms with Gasteiger partial charge in [-0.15, -0.1) is 0 Å². The van der Waals surface area contributed by atoms with E-state index in [9.17, 15) is 4.79 Å². The van der Waals surface area contributed by atoms with Gasteiger partial charge in [-0.05, 0) is 31.4 Å². The molecule has 1 unspecified atom stereocenters. The Labute approximate surface area is 110 Å². The zero-order valence-electron chi connectivity index (χ0n) is 9.59. The van der Waals surface area contributed by atoms with Crippen LogP contribution in [0.1, 0.15) is 30.9 Å². The standard InChI is InChI=1S/C13H16BrClO/c1-3-4-13(16)11(14)8-10-7-9(2)5-6-12(10)15/h5-7,11H,3-4,8H2,1-2H3. The molecular formula is C13H16BrClO. The molecule has 0 aromatic heterocycles. The first-order chi connectivity index (χ1) is 7.54. The number of hydrogen-bond acceptors (Lipinski definition) is 1. The van der Waals surface area contributed by atoms with Crippen molar-refractivity contribution in [2.45, 2.75) is 37.9 Å². The number of hydrogen-bond donors (Lipinski definition) is 0. The van der Waals surface area contributed by atoms with Crippen LogP contribution in [0.25, 0.3) is 0 Å². The minimum atomic E-state index is -0.119. The molecule has 0 fully saturated rings. The number of aryl methyl sites for hydroxylation is 1. The average molecular weight is 304 g/mol. The maximum atomic E-state index is 11.7. The Morgan fingerprint density at radius 2 is 2.19 bits per heavy atom. The highest BCUT2D eigenvalue weighted by molar-refractivity contribution is 9.10. The van der Waals surface area contributed by atoms with Crippen LogP contribution in [0.15, 0.2) is 18.2 Å². The molecule has 1 nitrogen and oxygen atoms in total. The third-order valence-electron chi connectivity index (χ3n) is 2.45. The summed E-state index contributed by atoms with van der Waals surface area (Å²) in [6.07, 6.45) is 2.18. The van der Waals surface area contributed by atoms with Crippen LogP contribution in [0.4, 0.5) is 0 Å². The minimum Gasteiger partial charge on any atom is -0.298 e. The zero-order chi connectivity index (χ0) is 12.1. The largest absolute Gasteiger partial charge is 0.298 e. The molecule has 1 aromatic carbocycles. The summed E-state index contributed by atoms with van der Waals surface area (Å²) in [6.45, 7) is 4.04. The zero-order valence-corrected chi connectivity index (χ0v) is 11.9. The van der Waals surface area contributed by atoms with E-state index in [2.05, 4.69) is 15.9 Å². The van der Waals surface area contributed by atoms with E-state index in [1.165, 1.54) is 5.56 Å². The average Bonchev–Trinajstić information content (AvgIpc) is 2.23. The van der Waals surface area contributed by atoms with Gasteiger partial charge in [0.2, 0.25) is 0 Å². The molecule has 0 aliphatic heterocycles. The van der Waals surface area contributed by atoms with Crippen molar-refractivity contribution in [3.63, 3.8) is 0 Å². The van der Waals surface area contributed by atoms with Gasteiger partial charge in [0.1, 0.15) is 5.78 Å². The van der Waals surface area contributed by atoms with E-state index in [4.69, 9.17) is 11.6 Å². The molecule has 0 amide bonds. The molecule has 88 valence electrons. The Bertz CT molecular complexity index is 376. The SMILES string of the molecule is CCCC(=O)C(Br)Cc1cc(C)ccc1Cl. The van der Waals surface area contributed by atoms with Gasteiger partial charge in [-0.3, -0.25) is 4.79 Å². The molecule has 3 heteroatoms. The number of Topliss-reactive ketones (excluding diaryl/α,β-unsaturated/α-hetero) is 1. The van der Waals surface area contributed by atoms with Crippen LogP contribution < -0.4 is 0 Å². The van der Waals surface area contributed by atoms with Gasteiger partial charge in [-0.2, -0.15) is 0 Å². The highest BCUT2D eigenvalue weighted by Crippen LogP contribution is 2.22. The molecule has 1 atom stereocenters. The lowest BCUT2D eigenvalue weighted by Gasteiger charge is -2.10. The monoisotopic (exact) mass is 302 g/mol. The van der Waals surface area contributed by atoms with Crippen molar-refractivity contribution in [2.75, 3.05) is 0 Å². The van der Waals surface area contributed by atoms with Gasteiger partial charge in [0.05, 0.1) is 4.83 Å². The Morgan fingerprint density at radius 3 is 2.81 bits per heavy atom. The molecule has 0 saturated carbocycles. The van der Waals surface area contributed by atoms with Crippen molar-refractivity contribution < 1.29 is 4.79 Å². The van der Waals surface area contributed by atoms with Crippen LogP contribution in [-0.2, 0) is 11.2 Å². The number of ketones is 1. The Morgan fingerprint density at radius 1 is 1.50 bits per heavy atom. The molecule has 1 rings (SSSR count). The molecule has 1 aromatic rings. The molecule has 0 saturated heterocycles. The van der Waals surface area contributed by atoms with Crippen LogP contribution in [0.2, 0.25) is 5.02 Å². The van der Waals surface area contributed by atoms with Gasteiger partial charge in [0.25, 0.3) is 0 Å². The maximum Gasteiger partial charge on any atom is 0.146 e. The number of benzene rings is 1. The minimum absolute atomic E-state index is 0.119. The highest BCUT2D eigenvalue weighted by Gasteiger charge is 2.15. The number of alkyl halides is 1. The molecule has 0 heterocycles. The lowest BCUT2D eigenvalue weighted by molar-refractivity contribution is -0.118. The first-order valence-electron chi connectivity index (χ1n) is 5.46. The molecule has 0 bridgehead atoms. The van der Waals surface area contributed by atoms with Crippen LogP contribution >= 0.6 is 27.5 Å². The van der Waals surface area contributed by atoms with E-state index in [0.29, 0.717) is 12.8 Å². The first kappa shape index (κ1) is 13.7. The second-order valence-corrected chi connectivity index (χ2v) is 5.50. The summed E-state index contributed by atoms with van der Waals surface area (Å²) in [6, 6.07) is 5.90. The van der Waals surface area contributed by atoms with E-state index in [1.807, 2.05) is 32.0 Å². The van der Waals surface area contributed by atoms with E-state index >= 15 is 0 Å². The van der Waals surface area contributed by atoms with Gasteiger partial charge < -0.3 is 0 Å². The van der Waals surface area contributed by atoms with Crippen LogP contribution in [0, 0.1) is 6.92 Å². The highest BCUT2D eigenvalue weighted by atomic mass is 79.9. The normalized spacial score (nSPS) is 12.5. The molecule has 16 heavy (non-hydrogen) atoms. The Balaban J connectivity index is 2.72. The topological polar surface area (TPSA) is 17.1 Å². The molecule has 0 radical (unpaired) electrons. The van der Waals surface area contributed by atoms with Gasteiger partial charge in [-0.25, -0.2) is 0 Å². The summed E-state index contributed by atoms with van der Waals surface area (Å²) >= 11 is 9.52. The smallest absolute Gasteiger partial charge is 0.146 e. The fourth-order valence-electron chi connectivity index (χ4n) is 1.57. The second-order valence-electron chi connectivity index (χ2n) is 3.98. The second kappa shape index (κ2) is 6.41. The third-order valence-corrected chi connectivity index (χ3v) is 3.65. The van der Waals surface area contributed by atoms with Crippen LogP contribution in [-0.4, -0.2) is 10.6 Å². The summed E-state index contributed by atoms with van der Waals surface area (Å²) in [7, 11) is 0. The van der Waals surface area contributed by atoms with E-state index < -0.39 is 0 Å². The molecule has 0 aliphatic carbocycles. The summed E-state index contributed by atoms with van der Waals surface area (Å²) in [4.78, 5) is 11.5. The van der Waals surface area contributed by atoms with Gasteiger partial charge in [0, 0.05) is 11.4 Å². The lowest BCUT2D eigenvalue weighted by atomic mass is 10.0. The van der Waals surface area contributed by atoms with E-state index in [1.54, 1.807) is 0 Å². The Kier molecular flexibility index (Phi) is 5.50. The maximum absolute atomic E-state index is 11.7. The van der Waals surface area contributed by atoms with Crippen molar-refractivity contribution >= 4 is 33.3 Å². The quantitative estimate of drug-likeness (QED) is 0.740. The number of carbonyl (C=O) groups is 1. The number of halogens is 2. The molecule has 0 N–H and O–H groups in total. The lowest BCUT2D eigenvalue weighted by Crippen LogP contribution is -2.16. The molecular weight excluding hydrogens is 287 g/mol. The predicted octanol–water partition coefficient (Wildman–Crippen LogP) is 4.32. The van der Waals surface area contributed by atoms with Crippen molar-refractivity contribution in [1.82, 2.24) is 0 Å².